The van der Waals surface area contributed by atoms with Crippen molar-refractivity contribution in [2.45, 2.75) is 100 Å². The van der Waals surface area contributed by atoms with E-state index in [0.29, 0.717) is 5.92 Å². The Hall–Kier alpha value is -0.460. The Kier molecular flexibility index (Phi) is 17.3. The van der Waals surface area contributed by atoms with Gasteiger partial charge in [-0.1, -0.05) is 80.1 Å². The molecule has 0 fully saturated rings. The van der Waals surface area contributed by atoms with Crippen LogP contribution in [0.25, 0.3) is 0 Å². The second-order valence-corrected chi connectivity index (χ2v) is 6.25. The van der Waals surface area contributed by atoms with Crippen molar-refractivity contribution in [2.24, 2.45) is 11.8 Å². The minimum atomic E-state index is 0.698. The van der Waals surface area contributed by atoms with E-state index in [2.05, 4.69) is 55.4 Å². The summed E-state index contributed by atoms with van der Waals surface area (Å²) in [7, 11) is 0. The van der Waals surface area contributed by atoms with Crippen LogP contribution in [0.15, 0.2) is 11.3 Å². The Morgan fingerprint density at radius 1 is 0.857 bits per heavy atom. The van der Waals surface area contributed by atoms with Crippen molar-refractivity contribution in [1.82, 2.24) is 0 Å². The molecule has 1 rings (SSSR count). The highest BCUT2D eigenvalue weighted by molar-refractivity contribution is 5.11. The highest BCUT2D eigenvalue weighted by atomic mass is 16.5. The number of allylic oxidation sites excluding steroid dienone is 2. The first-order valence-electron chi connectivity index (χ1n) is 9.29. The van der Waals surface area contributed by atoms with Gasteiger partial charge < -0.3 is 4.74 Å². The molecule has 0 amide bonds. The van der Waals surface area contributed by atoms with E-state index in [1.54, 1.807) is 0 Å². The summed E-state index contributed by atoms with van der Waals surface area (Å²) in [4.78, 5) is 0. The van der Waals surface area contributed by atoms with Gasteiger partial charge in [0.1, 0.15) is 0 Å². The van der Waals surface area contributed by atoms with Crippen molar-refractivity contribution in [2.75, 3.05) is 6.61 Å². The normalized spacial score (nSPS) is 20.8. The summed E-state index contributed by atoms with van der Waals surface area (Å²) in [6.07, 6.45) is 9.40. The minimum Gasteiger partial charge on any atom is -0.498 e. The molecular formula is C20H42O. The van der Waals surface area contributed by atoms with E-state index in [9.17, 15) is 0 Å². The van der Waals surface area contributed by atoms with Crippen LogP contribution in [0.3, 0.4) is 0 Å². The van der Waals surface area contributed by atoms with Crippen LogP contribution < -0.4 is 0 Å². The molecule has 1 nitrogen and oxygen atoms in total. The molecule has 2 atom stereocenters. The van der Waals surface area contributed by atoms with Crippen LogP contribution in [0, 0.1) is 11.8 Å². The van der Waals surface area contributed by atoms with Crippen LogP contribution in [0.2, 0.25) is 0 Å². The van der Waals surface area contributed by atoms with Crippen molar-refractivity contribution >= 4 is 0 Å². The molecule has 0 saturated carbocycles. The second-order valence-electron chi connectivity index (χ2n) is 6.25. The monoisotopic (exact) mass is 298 g/mol. The zero-order valence-corrected chi connectivity index (χ0v) is 16.2. The maximum absolute atomic E-state index is 5.51. The van der Waals surface area contributed by atoms with Gasteiger partial charge in [-0.05, 0) is 37.7 Å². The third kappa shape index (κ3) is 11.8. The molecule has 0 aromatic heterocycles. The maximum Gasteiger partial charge on any atom is 0.0921 e. The Balaban J connectivity index is 0. The molecule has 2 unspecified atom stereocenters. The van der Waals surface area contributed by atoms with Crippen LogP contribution in [0.5, 0.6) is 0 Å². The van der Waals surface area contributed by atoms with Gasteiger partial charge in [0.2, 0.25) is 0 Å². The Morgan fingerprint density at radius 3 is 1.52 bits per heavy atom. The van der Waals surface area contributed by atoms with E-state index < -0.39 is 0 Å². The summed E-state index contributed by atoms with van der Waals surface area (Å²) in [5.41, 5.74) is 1.45. The Morgan fingerprint density at radius 2 is 1.29 bits per heavy atom. The molecule has 21 heavy (non-hydrogen) atoms. The number of rotatable bonds is 5. The second kappa shape index (κ2) is 15.9. The van der Waals surface area contributed by atoms with E-state index in [4.69, 9.17) is 4.74 Å². The van der Waals surface area contributed by atoms with E-state index in [-0.39, 0.29) is 0 Å². The largest absolute Gasteiger partial charge is 0.498 e. The molecular weight excluding hydrogens is 256 g/mol. The quantitative estimate of drug-likeness (QED) is 0.515. The van der Waals surface area contributed by atoms with Crippen LogP contribution in [0.1, 0.15) is 100 Å². The minimum absolute atomic E-state index is 0.698. The molecule has 1 heteroatoms. The first kappa shape index (κ1) is 22.8. The average Bonchev–Trinajstić information content (AvgIpc) is 2.47. The lowest BCUT2D eigenvalue weighted by Gasteiger charge is -2.30. The Labute approximate surface area is 135 Å². The molecule has 0 radical (unpaired) electrons. The van der Waals surface area contributed by atoms with Gasteiger partial charge in [-0.3, -0.25) is 0 Å². The van der Waals surface area contributed by atoms with E-state index in [1.807, 2.05) is 0 Å². The van der Waals surface area contributed by atoms with Crippen LogP contribution in [-0.2, 0) is 4.74 Å². The van der Waals surface area contributed by atoms with Gasteiger partial charge in [0.05, 0.1) is 12.4 Å². The molecule has 0 spiro atoms. The SMILES string of the molecule is CCC1C(C)=C(C)OCC1C.CCCCC.CCCCC. The molecule has 1 heterocycles. The summed E-state index contributed by atoms with van der Waals surface area (Å²) in [6, 6.07) is 0. The molecule has 0 saturated heterocycles. The van der Waals surface area contributed by atoms with Gasteiger partial charge in [0.15, 0.2) is 0 Å². The maximum atomic E-state index is 5.51. The predicted molar refractivity (Wildman–Crippen MR) is 97.7 cm³/mol. The average molecular weight is 299 g/mol. The molecule has 1 aliphatic rings. The fraction of sp³-hybridized carbons (Fsp3) is 0.900. The number of ether oxygens (including phenoxy) is 1. The van der Waals surface area contributed by atoms with Gasteiger partial charge in [0, 0.05) is 0 Å². The molecule has 1 aliphatic heterocycles. The first-order valence-corrected chi connectivity index (χ1v) is 9.29. The van der Waals surface area contributed by atoms with E-state index in [0.717, 1.165) is 18.3 Å². The lowest BCUT2D eigenvalue weighted by atomic mass is 9.84. The van der Waals surface area contributed by atoms with Crippen LogP contribution in [0.4, 0.5) is 0 Å². The fourth-order valence-electron chi connectivity index (χ4n) is 2.59. The van der Waals surface area contributed by atoms with Gasteiger partial charge >= 0.3 is 0 Å². The lowest BCUT2D eigenvalue weighted by Crippen LogP contribution is -2.23. The van der Waals surface area contributed by atoms with E-state index >= 15 is 0 Å². The molecule has 128 valence electrons. The third-order valence-corrected chi connectivity index (χ3v) is 4.22. The zero-order chi connectivity index (χ0) is 16.7. The molecule has 0 aromatic carbocycles. The summed E-state index contributed by atoms with van der Waals surface area (Å²) in [6.45, 7) is 18.5. The van der Waals surface area contributed by atoms with Gasteiger partial charge in [0.25, 0.3) is 0 Å². The van der Waals surface area contributed by atoms with Gasteiger partial charge in [-0.2, -0.15) is 0 Å². The smallest absolute Gasteiger partial charge is 0.0921 e. The van der Waals surface area contributed by atoms with E-state index in [1.165, 1.54) is 50.5 Å². The van der Waals surface area contributed by atoms with Crippen molar-refractivity contribution in [3.8, 4) is 0 Å². The van der Waals surface area contributed by atoms with Crippen molar-refractivity contribution in [1.29, 1.82) is 0 Å². The van der Waals surface area contributed by atoms with Crippen molar-refractivity contribution < 1.29 is 4.74 Å². The lowest BCUT2D eigenvalue weighted by molar-refractivity contribution is 0.116. The highest BCUT2D eigenvalue weighted by Crippen LogP contribution is 2.31. The highest BCUT2D eigenvalue weighted by Gasteiger charge is 2.23. The van der Waals surface area contributed by atoms with Gasteiger partial charge in [-0.25, -0.2) is 0 Å². The van der Waals surface area contributed by atoms with Crippen LogP contribution >= 0.6 is 0 Å². The fourth-order valence-corrected chi connectivity index (χ4v) is 2.59. The summed E-state index contributed by atoms with van der Waals surface area (Å²) in [5, 5.41) is 0. The van der Waals surface area contributed by atoms with Crippen LogP contribution in [-0.4, -0.2) is 6.61 Å². The number of hydrogen-bond donors (Lipinski definition) is 0. The third-order valence-electron chi connectivity index (χ3n) is 4.22. The summed E-state index contributed by atoms with van der Waals surface area (Å²) in [5.74, 6) is 2.60. The molecule has 0 aromatic rings. The number of unbranched alkanes of at least 4 members (excludes halogenated alkanes) is 4. The summed E-state index contributed by atoms with van der Waals surface area (Å²) >= 11 is 0. The van der Waals surface area contributed by atoms with Gasteiger partial charge in [-0.15, -0.1) is 0 Å². The predicted octanol–water partition coefficient (Wildman–Crippen LogP) is 7.37. The topological polar surface area (TPSA) is 9.23 Å². The molecule has 0 N–H and O–H groups in total. The first-order chi connectivity index (χ1) is 9.99. The molecule has 0 bridgehead atoms. The summed E-state index contributed by atoms with van der Waals surface area (Å²) < 4.78 is 5.51. The van der Waals surface area contributed by atoms with Crippen molar-refractivity contribution in [3.63, 3.8) is 0 Å². The Bertz CT molecular complexity index is 232. The van der Waals surface area contributed by atoms with Crippen molar-refractivity contribution in [3.05, 3.63) is 11.3 Å². The molecule has 0 aliphatic carbocycles. The zero-order valence-electron chi connectivity index (χ0n) is 16.2. The number of hydrogen-bond acceptors (Lipinski definition) is 1. The standard InChI is InChI=1S/C10H18O.2C5H12/c1-5-10-7(2)6-11-9(4)8(10)3;2*1-3-5-4-2/h7,10H,5-6H2,1-4H3;2*3-5H2,1-2H3.